The van der Waals surface area contributed by atoms with Gasteiger partial charge in [-0.3, -0.25) is 0 Å². The van der Waals surface area contributed by atoms with E-state index in [1.807, 2.05) is 0 Å². The highest BCUT2D eigenvalue weighted by Crippen LogP contribution is 2.34. The summed E-state index contributed by atoms with van der Waals surface area (Å²) in [6, 6.07) is 0. The summed E-state index contributed by atoms with van der Waals surface area (Å²) in [7, 11) is 0. The quantitative estimate of drug-likeness (QED) is 0.490. The smallest absolute Gasteiger partial charge is 0.126 e. The lowest BCUT2D eigenvalue weighted by Crippen LogP contribution is -2.20. The molecule has 0 amide bonds. The van der Waals surface area contributed by atoms with Crippen molar-refractivity contribution in [1.29, 1.82) is 0 Å². The molecule has 1 nitrogen and oxygen atoms in total. The summed E-state index contributed by atoms with van der Waals surface area (Å²) in [5.41, 5.74) is 1.51. The van der Waals surface area contributed by atoms with Crippen LogP contribution in [-0.2, 0) is 4.79 Å². The van der Waals surface area contributed by atoms with Crippen LogP contribution in [0.3, 0.4) is 0 Å². The van der Waals surface area contributed by atoms with Crippen LogP contribution in [0.25, 0.3) is 0 Å². The molecule has 0 bridgehead atoms. The normalized spacial score (nSPS) is 26.5. The summed E-state index contributed by atoms with van der Waals surface area (Å²) in [6.45, 7) is 6.62. The van der Waals surface area contributed by atoms with Crippen molar-refractivity contribution in [2.24, 2.45) is 11.3 Å². The van der Waals surface area contributed by atoms with Gasteiger partial charge in [-0.2, -0.15) is 0 Å². The predicted molar refractivity (Wildman–Crippen MR) is 64.8 cm³/mol. The fourth-order valence-corrected chi connectivity index (χ4v) is 2.10. The molecule has 15 heavy (non-hydrogen) atoms. The van der Waals surface area contributed by atoms with E-state index >= 15 is 0 Å². The van der Waals surface area contributed by atoms with Crippen LogP contribution >= 0.6 is 0 Å². The first kappa shape index (κ1) is 12.5. The van der Waals surface area contributed by atoms with E-state index in [0.29, 0.717) is 0 Å². The summed E-state index contributed by atoms with van der Waals surface area (Å²) in [5.74, 6) is 0.814. The molecule has 0 aromatic carbocycles. The number of rotatable bonds is 5. The van der Waals surface area contributed by atoms with Crippen LogP contribution in [0.1, 0.15) is 59.3 Å². The molecule has 0 fully saturated rings. The Hall–Kier alpha value is -0.590. The van der Waals surface area contributed by atoms with Crippen LogP contribution < -0.4 is 0 Å². The van der Waals surface area contributed by atoms with Gasteiger partial charge in [-0.1, -0.05) is 38.8 Å². The number of allylic oxidation sites excluding steroid dienone is 2. The lowest BCUT2D eigenvalue weighted by molar-refractivity contribution is -0.115. The van der Waals surface area contributed by atoms with Gasteiger partial charge in [0.1, 0.15) is 6.29 Å². The number of hydrogen-bond donors (Lipinski definition) is 0. The molecule has 86 valence electrons. The van der Waals surface area contributed by atoms with E-state index < -0.39 is 0 Å². The number of carbonyl (C=O) groups excluding carboxylic acids is 1. The number of hydrogen-bond acceptors (Lipinski definition) is 1. The maximum atomic E-state index is 10.9. The fraction of sp³-hybridized carbons (Fsp3) is 0.786. The molecule has 0 aromatic rings. The van der Waals surface area contributed by atoms with Crippen molar-refractivity contribution in [1.82, 2.24) is 0 Å². The van der Waals surface area contributed by atoms with Crippen LogP contribution in [0.5, 0.6) is 0 Å². The van der Waals surface area contributed by atoms with E-state index in [4.69, 9.17) is 0 Å². The minimum absolute atomic E-state index is 0.0679. The highest BCUT2D eigenvalue weighted by atomic mass is 16.1. The highest BCUT2D eigenvalue weighted by Gasteiger charge is 2.25. The minimum atomic E-state index is -0.0679. The van der Waals surface area contributed by atoms with Crippen LogP contribution in [0.4, 0.5) is 0 Å². The monoisotopic (exact) mass is 208 g/mol. The standard InChI is InChI=1S/C14H24O/c1-12(2)5-4-6-13-7-9-14(3,11-15)10-8-13/h7,11-12H,4-6,8-10H2,1-3H3/t14-/m1/s1. The highest BCUT2D eigenvalue weighted by molar-refractivity contribution is 5.59. The minimum Gasteiger partial charge on any atom is -0.303 e. The van der Waals surface area contributed by atoms with Gasteiger partial charge in [0, 0.05) is 5.41 Å². The van der Waals surface area contributed by atoms with E-state index in [9.17, 15) is 4.79 Å². The third-order valence-electron chi connectivity index (χ3n) is 3.44. The Morgan fingerprint density at radius 1 is 1.53 bits per heavy atom. The van der Waals surface area contributed by atoms with Crippen LogP contribution in [0.2, 0.25) is 0 Å². The SMILES string of the molecule is CC(C)CCCC1=CC[C@@](C)(C=O)CC1. The molecule has 0 unspecified atom stereocenters. The second kappa shape index (κ2) is 5.48. The number of aldehydes is 1. The van der Waals surface area contributed by atoms with Gasteiger partial charge >= 0.3 is 0 Å². The molecule has 0 aliphatic heterocycles. The molecule has 1 atom stereocenters. The molecular formula is C14H24O. The van der Waals surface area contributed by atoms with Gasteiger partial charge in [0.05, 0.1) is 0 Å². The van der Waals surface area contributed by atoms with Crippen LogP contribution in [0.15, 0.2) is 11.6 Å². The Labute approximate surface area is 93.9 Å². The predicted octanol–water partition coefficient (Wildman–Crippen LogP) is 4.13. The van der Waals surface area contributed by atoms with Gasteiger partial charge in [0.25, 0.3) is 0 Å². The summed E-state index contributed by atoms with van der Waals surface area (Å²) in [6.07, 6.45) is 10.4. The Morgan fingerprint density at radius 3 is 2.73 bits per heavy atom. The maximum Gasteiger partial charge on any atom is 0.126 e. The molecule has 1 rings (SSSR count). The molecule has 0 aromatic heterocycles. The Bertz CT molecular complexity index is 240. The van der Waals surface area contributed by atoms with Crippen molar-refractivity contribution in [2.45, 2.75) is 59.3 Å². The number of carbonyl (C=O) groups is 1. The van der Waals surface area contributed by atoms with Gasteiger partial charge < -0.3 is 4.79 Å². The third-order valence-corrected chi connectivity index (χ3v) is 3.44. The van der Waals surface area contributed by atoms with Crippen molar-refractivity contribution in [3.8, 4) is 0 Å². The molecule has 1 aliphatic carbocycles. The molecule has 0 N–H and O–H groups in total. The van der Waals surface area contributed by atoms with Crippen LogP contribution in [-0.4, -0.2) is 6.29 Å². The summed E-state index contributed by atoms with van der Waals surface area (Å²) < 4.78 is 0. The Kier molecular flexibility index (Phi) is 4.56. The van der Waals surface area contributed by atoms with E-state index in [0.717, 1.165) is 31.5 Å². The molecule has 0 heterocycles. The molecule has 1 heteroatoms. The molecule has 0 saturated carbocycles. The maximum absolute atomic E-state index is 10.9. The van der Waals surface area contributed by atoms with Gasteiger partial charge in [-0.05, 0) is 38.0 Å². The van der Waals surface area contributed by atoms with E-state index in [1.165, 1.54) is 19.3 Å². The molecule has 1 aliphatic rings. The Morgan fingerprint density at radius 2 is 2.27 bits per heavy atom. The second-order valence-corrected chi connectivity index (χ2v) is 5.62. The molecular weight excluding hydrogens is 184 g/mol. The molecule has 0 saturated heterocycles. The van der Waals surface area contributed by atoms with Crippen molar-refractivity contribution >= 4 is 6.29 Å². The van der Waals surface area contributed by atoms with Crippen molar-refractivity contribution in [2.75, 3.05) is 0 Å². The van der Waals surface area contributed by atoms with Gasteiger partial charge in [0.15, 0.2) is 0 Å². The van der Waals surface area contributed by atoms with E-state index in [-0.39, 0.29) is 5.41 Å². The molecule has 0 spiro atoms. The average Bonchev–Trinajstić information content (AvgIpc) is 2.21. The van der Waals surface area contributed by atoms with Crippen molar-refractivity contribution in [3.05, 3.63) is 11.6 Å². The largest absolute Gasteiger partial charge is 0.303 e. The van der Waals surface area contributed by atoms with Gasteiger partial charge in [0.2, 0.25) is 0 Å². The topological polar surface area (TPSA) is 17.1 Å². The van der Waals surface area contributed by atoms with Gasteiger partial charge in [-0.15, -0.1) is 0 Å². The molecule has 0 radical (unpaired) electrons. The fourth-order valence-electron chi connectivity index (χ4n) is 2.10. The van der Waals surface area contributed by atoms with Crippen LogP contribution in [0, 0.1) is 11.3 Å². The summed E-state index contributed by atoms with van der Waals surface area (Å²) >= 11 is 0. The van der Waals surface area contributed by atoms with Crippen molar-refractivity contribution in [3.63, 3.8) is 0 Å². The van der Waals surface area contributed by atoms with Gasteiger partial charge in [-0.25, -0.2) is 0 Å². The Balaban J connectivity index is 2.31. The van der Waals surface area contributed by atoms with E-state index in [2.05, 4.69) is 26.8 Å². The first-order valence-corrected chi connectivity index (χ1v) is 6.20. The zero-order valence-corrected chi connectivity index (χ0v) is 10.4. The summed E-state index contributed by atoms with van der Waals surface area (Å²) in [5, 5.41) is 0. The third kappa shape index (κ3) is 4.19. The second-order valence-electron chi connectivity index (χ2n) is 5.62. The zero-order chi connectivity index (χ0) is 11.3. The van der Waals surface area contributed by atoms with Crippen molar-refractivity contribution < 1.29 is 4.79 Å². The lowest BCUT2D eigenvalue weighted by atomic mass is 9.77. The lowest BCUT2D eigenvalue weighted by Gasteiger charge is -2.27. The first-order valence-electron chi connectivity index (χ1n) is 6.20. The average molecular weight is 208 g/mol. The first-order chi connectivity index (χ1) is 7.06. The van der Waals surface area contributed by atoms with E-state index in [1.54, 1.807) is 5.57 Å². The summed E-state index contributed by atoms with van der Waals surface area (Å²) in [4.78, 5) is 10.9. The zero-order valence-electron chi connectivity index (χ0n) is 10.4.